The van der Waals surface area contributed by atoms with E-state index in [1.807, 2.05) is 0 Å². The van der Waals surface area contributed by atoms with Crippen LogP contribution in [0.1, 0.15) is 6.42 Å². The number of hydrogen-bond acceptors (Lipinski definition) is 6. The average molecular weight is 361 g/mol. The maximum atomic E-state index is 13.7. The highest BCUT2D eigenvalue weighted by Crippen LogP contribution is 2.28. The van der Waals surface area contributed by atoms with Gasteiger partial charge in [0.05, 0.1) is 5.02 Å². The summed E-state index contributed by atoms with van der Waals surface area (Å²) in [5.74, 6) is -0.213. The van der Waals surface area contributed by atoms with Crippen LogP contribution in [0.25, 0.3) is 11.5 Å². The molecule has 126 valence electrons. The number of carbonyl (C=O) groups excluding carboxylic acids is 1. The first-order valence-electron chi connectivity index (χ1n) is 7.33. The molecular formula is C16H10ClFN4O3. The topological polar surface area (TPSA) is 81.4 Å². The summed E-state index contributed by atoms with van der Waals surface area (Å²) in [6.45, 7) is 0.576. The van der Waals surface area contributed by atoms with Gasteiger partial charge in [0.2, 0.25) is 11.8 Å². The smallest absolute Gasteiger partial charge is 0.325 e. The van der Waals surface area contributed by atoms with Crippen molar-refractivity contribution in [3.8, 4) is 23.1 Å². The molecule has 3 heterocycles. The van der Waals surface area contributed by atoms with E-state index in [-0.39, 0.29) is 28.7 Å². The van der Waals surface area contributed by atoms with Crippen LogP contribution in [0.3, 0.4) is 0 Å². The van der Waals surface area contributed by atoms with E-state index in [0.29, 0.717) is 24.3 Å². The number of amides is 1. The molecule has 1 aliphatic heterocycles. The third-order valence-electron chi connectivity index (χ3n) is 3.59. The summed E-state index contributed by atoms with van der Waals surface area (Å²) in [4.78, 5) is 16.6. The lowest BCUT2D eigenvalue weighted by Gasteiger charge is -2.25. The van der Waals surface area contributed by atoms with Crippen LogP contribution in [0, 0.1) is 5.82 Å². The molecule has 0 N–H and O–H groups in total. The summed E-state index contributed by atoms with van der Waals surface area (Å²) in [7, 11) is 0. The monoisotopic (exact) mass is 360 g/mol. The first-order valence-corrected chi connectivity index (χ1v) is 7.71. The Labute approximate surface area is 146 Å². The molecule has 1 aliphatic rings. The minimum Gasteiger partial charge on any atom is -0.436 e. The molecule has 1 amide bonds. The van der Waals surface area contributed by atoms with Crippen molar-refractivity contribution in [2.75, 3.05) is 11.4 Å². The van der Waals surface area contributed by atoms with Crippen molar-refractivity contribution < 1.29 is 18.3 Å². The SMILES string of the molecule is O=C1CCN1c1nnc(-c2ccc(Oc3ncc(Cl)cc3F)cc2)o1. The summed E-state index contributed by atoms with van der Waals surface area (Å²) in [5.41, 5.74) is 0.642. The third-order valence-corrected chi connectivity index (χ3v) is 3.79. The zero-order valence-corrected chi connectivity index (χ0v) is 13.4. The Bertz CT molecular complexity index is 945. The second-order valence-electron chi connectivity index (χ2n) is 5.25. The second-order valence-corrected chi connectivity index (χ2v) is 5.69. The molecule has 25 heavy (non-hydrogen) atoms. The van der Waals surface area contributed by atoms with Crippen molar-refractivity contribution in [3.63, 3.8) is 0 Å². The lowest BCUT2D eigenvalue weighted by Crippen LogP contribution is -2.43. The Morgan fingerprint density at radius 3 is 2.68 bits per heavy atom. The highest BCUT2D eigenvalue weighted by Gasteiger charge is 2.29. The molecule has 1 saturated heterocycles. The maximum absolute atomic E-state index is 13.7. The van der Waals surface area contributed by atoms with E-state index in [1.54, 1.807) is 24.3 Å². The molecular weight excluding hydrogens is 351 g/mol. The maximum Gasteiger partial charge on any atom is 0.325 e. The predicted molar refractivity (Wildman–Crippen MR) is 86.0 cm³/mol. The Balaban J connectivity index is 1.51. The van der Waals surface area contributed by atoms with Crippen LogP contribution in [0.5, 0.6) is 11.6 Å². The number of aromatic nitrogens is 3. The molecule has 1 fully saturated rings. The van der Waals surface area contributed by atoms with Gasteiger partial charge in [-0.05, 0) is 30.3 Å². The van der Waals surface area contributed by atoms with Gasteiger partial charge in [0.15, 0.2) is 5.82 Å². The highest BCUT2D eigenvalue weighted by atomic mass is 35.5. The number of pyridine rings is 1. The molecule has 4 rings (SSSR count). The largest absolute Gasteiger partial charge is 0.436 e. The quantitative estimate of drug-likeness (QED) is 0.663. The fourth-order valence-corrected chi connectivity index (χ4v) is 2.36. The molecule has 2 aromatic heterocycles. The molecule has 0 radical (unpaired) electrons. The number of β-lactam (4-membered cyclic amide) rings is 1. The summed E-state index contributed by atoms with van der Waals surface area (Å²) in [5, 5.41) is 7.97. The van der Waals surface area contributed by atoms with Gasteiger partial charge in [0.25, 0.3) is 5.88 Å². The zero-order valence-electron chi connectivity index (χ0n) is 12.6. The van der Waals surface area contributed by atoms with E-state index in [2.05, 4.69) is 15.2 Å². The minimum absolute atomic E-state index is 0.0450. The van der Waals surface area contributed by atoms with Gasteiger partial charge in [-0.3, -0.25) is 9.69 Å². The molecule has 0 aliphatic carbocycles. The van der Waals surface area contributed by atoms with Gasteiger partial charge in [-0.25, -0.2) is 9.37 Å². The molecule has 9 heteroatoms. The van der Waals surface area contributed by atoms with Crippen molar-refractivity contribution in [3.05, 3.63) is 47.4 Å². The van der Waals surface area contributed by atoms with E-state index in [9.17, 15) is 9.18 Å². The fraction of sp³-hybridized carbons (Fsp3) is 0.125. The van der Waals surface area contributed by atoms with Crippen LogP contribution in [-0.4, -0.2) is 27.6 Å². The van der Waals surface area contributed by atoms with Crippen molar-refractivity contribution in [2.24, 2.45) is 0 Å². The van der Waals surface area contributed by atoms with Crippen molar-refractivity contribution in [2.45, 2.75) is 6.42 Å². The Kier molecular flexibility index (Phi) is 3.81. The number of ether oxygens (including phenoxy) is 1. The van der Waals surface area contributed by atoms with Crippen LogP contribution in [0.2, 0.25) is 5.02 Å². The standard InChI is InChI=1S/C16H10ClFN4O3/c17-10-7-12(18)15(19-8-10)24-11-3-1-9(2-4-11)14-20-21-16(25-14)22-6-5-13(22)23/h1-4,7-8H,5-6H2. The summed E-state index contributed by atoms with van der Waals surface area (Å²) in [6.07, 6.45) is 1.78. The van der Waals surface area contributed by atoms with Gasteiger partial charge in [0.1, 0.15) is 5.75 Å². The molecule has 0 bridgehead atoms. The number of hydrogen-bond donors (Lipinski definition) is 0. The first kappa shape index (κ1) is 15.5. The minimum atomic E-state index is -0.655. The van der Waals surface area contributed by atoms with Crippen molar-refractivity contribution in [1.82, 2.24) is 15.2 Å². The highest BCUT2D eigenvalue weighted by molar-refractivity contribution is 6.30. The second kappa shape index (κ2) is 6.14. The fourth-order valence-electron chi connectivity index (χ4n) is 2.21. The zero-order chi connectivity index (χ0) is 17.4. The molecule has 1 aromatic carbocycles. The van der Waals surface area contributed by atoms with Crippen LogP contribution in [0.15, 0.2) is 40.9 Å². The number of nitrogens with zero attached hydrogens (tertiary/aromatic N) is 4. The summed E-state index contributed by atoms with van der Waals surface area (Å²) < 4.78 is 24.6. The summed E-state index contributed by atoms with van der Waals surface area (Å²) >= 11 is 5.65. The van der Waals surface area contributed by atoms with E-state index in [0.717, 1.165) is 6.07 Å². The number of halogens is 2. The number of carbonyl (C=O) groups is 1. The van der Waals surface area contributed by atoms with Crippen LogP contribution in [-0.2, 0) is 4.79 Å². The Hall–Kier alpha value is -3.00. The van der Waals surface area contributed by atoms with Crippen LogP contribution in [0.4, 0.5) is 10.4 Å². The Morgan fingerprint density at radius 1 is 1.24 bits per heavy atom. The van der Waals surface area contributed by atoms with Gasteiger partial charge >= 0.3 is 6.01 Å². The summed E-state index contributed by atoms with van der Waals surface area (Å²) in [6, 6.07) is 7.89. The van der Waals surface area contributed by atoms with Gasteiger partial charge in [0, 0.05) is 24.7 Å². The lowest BCUT2D eigenvalue weighted by molar-refractivity contribution is -0.122. The van der Waals surface area contributed by atoms with E-state index < -0.39 is 5.82 Å². The average Bonchev–Trinajstić information content (AvgIpc) is 3.06. The third kappa shape index (κ3) is 3.03. The molecule has 0 saturated carbocycles. The normalized spacial score (nSPS) is 13.7. The van der Waals surface area contributed by atoms with Crippen molar-refractivity contribution >= 4 is 23.5 Å². The van der Waals surface area contributed by atoms with E-state index in [1.165, 1.54) is 11.1 Å². The van der Waals surface area contributed by atoms with E-state index in [4.69, 9.17) is 20.8 Å². The molecule has 0 unspecified atom stereocenters. The molecule has 7 nitrogen and oxygen atoms in total. The number of rotatable bonds is 4. The van der Waals surface area contributed by atoms with Crippen molar-refractivity contribution in [1.29, 1.82) is 0 Å². The first-order chi connectivity index (χ1) is 12.1. The van der Waals surface area contributed by atoms with Gasteiger partial charge in [-0.2, -0.15) is 0 Å². The predicted octanol–water partition coefficient (Wildman–Crippen LogP) is 3.45. The molecule has 3 aromatic rings. The van der Waals surface area contributed by atoms with Gasteiger partial charge in [-0.1, -0.05) is 16.7 Å². The van der Waals surface area contributed by atoms with Crippen LogP contribution >= 0.6 is 11.6 Å². The van der Waals surface area contributed by atoms with Gasteiger partial charge in [-0.15, -0.1) is 5.10 Å². The van der Waals surface area contributed by atoms with Gasteiger partial charge < -0.3 is 9.15 Å². The molecule has 0 spiro atoms. The van der Waals surface area contributed by atoms with Crippen LogP contribution < -0.4 is 9.64 Å². The van der Waals surface area contributed by atoms with E-state index >= 15 is 0 Å². The number of benzene rings is 1. The Morgan fingerprint density at radius 2 is 2.04 bits per heavy atom. The lowest BCUT2D eigenvalue weighted by atomic mass is 10.2. The number of anilines is 1. The molecule has 0 atom stereocenters.